The van der Waals surface area contributed by atoms with Crippen LogP contribution in [0, 0.1) is 34.5 Å². The van der Waals surface area contributed by atoms with E-state index >= 15 is 0 Å². The molecular formula is C59H86ClN2O14P. The van der Waals surface area contributed by atoms with Crippen molar-refractivity contribution < 1.29 is 84.0 Å². The summed E-state index contributed by atoms with van der Waals surface area (Å²) >= 11 is 0. The normalized spacial score (nSPS) is 29.7. The van der Waals surface area contributed by atoms with Crippen molar-refractivity contribution in [2.75, 3.05) is 53.6 Å². The van der Waals surface area contributed by atoms with Gasteiger partial charge in [-0.3, -0.25) is 19.4 Å². The predicted octanol–water partition coefficient (Wildman–Crippen LogP) is 6.02. The number of phosphoric acid groups is 1. The Morgan fingerprint density at radius 2 is 1.69 bits per heavy atom. The number of hydrogen-bond donors (Lipinski definition) is 5. The van der Waals surface area contributed by atoms with E-state index in [2.05, 4.69) is 43.4 Å². The summed E-state index contributed by atoms with van der Waals surface area (Å²) in [5.41, 5.74) is 0.606. The number of nitrogens with zero attached hydrogens (tertiary/aromatic N) is 1. The van der Waals surface area contributed by atoms with Gasteiger partial charge in [-0.2, -0.15) is 0 Å². The zero-order valence-corrected chi connectivity index (χ0v) is 47.6. The Bertz CT molecular complexity index is 2430. The van der Waals surface area contributed by atoms with Gasteiger partial charge in [0, 0.05) is 48.0 Å². The van der Waals surface area contributed by atoms with Crippen LogP contribution in [-0.2, 0) is 50.8 Å². The zero-order valence-electron chi connectivity index (χ0n) is 46.0. The van der Waals surface area contributed by atoms with Gasteiger partial charge in [0.25, 0.3) is 0 Å². The number of benzene rings is 2. The standard InChI is InChI=1S/C59H85N2O14P.ClH/c1-40(37-61(4,5)38-44-32-43(23-26-51(44)75-76(67,68)69)50(64)36-60-29-15-6-7-16-30-70-31-17-14-20-41-18-10-8-11-19-41)72-56(66)71-39-52(65)59-53(73-55(74-59)42-21-12-9-13-22-42)34-48-47-25-24-45-33-46(62)27-28-57(45,2)54(47)49(63)35-58(48,59)3;/h8,10-11,18-19,23,26-28,32-33,40,42,47-50,53-55,60,63-64H,6-7,9,12-17,20-22,24-25,29-31,34-39H2,1-5H3,(H-,67,68,69);1H/t40?,47-,48-,49-,50?,53+,54+,55+,57-,58-,59+;/m0./s1. The number of likely N-dealkylation sites (N-methyl/N-ethyl adjacent to an activating group) is 1. The van der Waals surface area contributed by atoms with E-state index < -0.39 is 73.5 Å². The highest BCUT2D eigenvalue weighted by molar-refractivity contribution is 7.46. The Hall–Kier alpha value is -3.51. The van der Waals surface area contributed by atoms with Gasteiger partial charge in [0.2, 0.25) is 5.78 Å². The summed E-state index contributed by atoms with van der Waals surface area (Å²) in [6.45, 7) is 8.22. The molecule has 5 fully saturated rings. The van der Waals surface area contributed by atoms with Crippen LogP contribution in [0.1, 0.15) is 140 Å². The van der Waals surface area contributed by atoms with Crippen LogP contribution in [0.4, 0.5) is 4.79 Å². The van der Waals surface area contributed by atoms with Crippen molar-refractivity contribution in [3.05, 3.63) is 89.0 Å². The number of aryl methyl sites for hydroxylation is 1. The summed E-state index contributed by atoms with van der Waals surface area (Å²) in [6, 6.07) is 15.2. The van der Waals surface area contributed by atoms with Gasteiger partial charge < -0.3 is 60.6 Å². The third-order valence-electron chi connectivity index (χ3n) is 17.9. The van der Waals surface area contributed by atoms with Crippen LogP contribution in [-0.4, -0.2) is 126 Å². The molecule has 18 heteroatoms. The molecule has 6 aliphatic rings. The topological polar surface area (TPSA) is 217 Å². The molecule has 5 aliphatic carbocycles. The molecule has 0 amide bonds. The van der Waals surface area contributed by atoms with Gasteiger partial charge in [-0.05, 0) is 131 Å². The number of nitrogens with one attached hydrogen (secondary N) is 1. The van der Waals surface area contributed by atoms with E-state index in [4.69, 9.17) is 28.2 Å². The Balaban J connectivity index is 0.00000861. The maximum atomic E-state index is 15.0. The van der Waals surface area contributed by atoms with Crippen LogP contribution in [0.3, 0.4) is 0 Å². The number of rotatable bonds is 26. The Labute approximate surface area is 462 Å². The smallest absolute Gasteiger partial charge is 0.524 e. The number of Topliss-reactive ketones (excluding diaryl/α,β-unsaturated/α-hetero) is 1. The molecule has 0 bridgehead atoms. The number of halogens is 1. The second kappa shape index (κ2) is 26.4. The lowest BCUT2D eigenvalue weighted by atomic mass is 9.46. The first-order valence-corrected chi connectivity index (χ1v) is 29.8. The molecule has 1 saturated heterocycles. The average Bonchev–Trinajstić information content (AvgIpc) is 4.03. The van der Waals surface area contributed by atoms with Crippen LogP contribution < -0.4 is 22.2 Å². The maximum absolute atomic E-state index is 15.0. The third-order valence-corrected chi connectivity index (χ3v) is 18.4. The van der Waals surface area contributed by atoms with Crippen molar-refractivity contribution in [3.8, 4) is 5.75 Å². The maximum Gasteiger partial charge on any atom is 0.524 e. The molecule has 2 unspecified atom stereocenters. The van der Waals surface area contributed by atoms with E-state index in [9.17, 15) is 38.9 Å². The number of allylic oxidation sites excluding steroid dienone is 4. The van der Waals surface area contributed by atoms with Gasteiger partial charge in [-0.1, -0.05) is 94.0 Å². The van der Waals surface area contributed by atoms with E-state index in [0.717, 1.165) is 115 Å². The summed E-state index contributed by atoms with van der Waals surface area (Å²) in [5, 5.41) is 26.7. The number of hydrogen-bond acceptors (Lipinski definition) is 13. The van der Waals surface area contributed by atoms with E-state index in [1.165, 1.54) is 11.6 Å². The molecule has 5 N–H and O–H groups in total. The van der Waals surface area contributed by atoms with Crippen molar-refractivity contribution in [1.82, 2.24) is 5.32 Å². The van der Waals surface area contributed by atoms with Gasteiger partial charge in [-0.15, -0.1) is 0 Å². The molecule has 11 atom stereocenters. The predicted molar refractivity (Wildman–Crippen MR) is 286 cm³/mol. The minimum atomic E-state index is -4.94. The number of fused-ring (bicyclic) bond motifs is 7. The Kier molecular flexibility index (Phi) is 20.9. The number of aliphatic hydroxyl groups excluding tert-OH is 2. The second-order valence-corrected chi connectivity index (χ2v) is 25.2. The molecule has 1 aliphatic heterocycles. The van der Waals surface area contributed by atoms with Crippen LogP contribution in [0.2, 0.25) is 0 Å². The molecule has 0 radical (unpaired) electrons. The highest BCUT2D eigenvalue weighted by Gasteiger charge is 2.76. The van der Waals surface area contributed by atoms with Crippen LogP contribution >= 0.6 is 7.82 Å². The first-order valence-electron chi connectivity index (χ1n) is 28.2. The molecule has 2 aromatic carbocycles. The Morgan fingerprint density at radius 1 is 0.961 bits per heavy atom. The van der Waals surface area contributed by atoms with Gasteiger partial charge in [0.05, 0.1) is 32.4 Å². The number of quaternary nitrogens is 1. The van der Waals surface area contributed by atoms with Crippen molar-refractivity contribution >= 4 is 25.5 Å². The summed E-state index contributed by atoms with van der Waals surface area (Å²) in [5.74, 6) is -0.494. The van der Waals surface area contributed by atoms with E-state index in [0.29, 0.717) is 17.5 Å². The SMILES string of the molecule is CC(C[N+](C)(C)Cc1cc(C(O)CNCCCCCCOCCCCc2ccccc2)ccc1OP(=O)(O)O)OC(=O)OCC(=O)[C@@]12O[C@H](C3CCCCC3)O[C@@H]1C[C@H]1[C@@H]3CCC4=CC(=O)C=C[C@]4(C)[C@H]3[C@@H](O)C[C@@]12C.[Cl-]. The number of phosphoric ester groups is 1. The van der Waals surface area contributed by atoms with E-state index in [1.54, 1.807) is 31.2 Å². The minimum Gasteiger partial charge on any atom is -1.00 e. The van der Waals surface area contributed by atoms with Gasteiger partial charge in [-0.25, -0.2) is 9.36 Å². The highest BCUT2D eigenvalue weighted by atomic mass is 35.5. The molecule has 428 valence electrons. The first kappa shape index (κ1) is 61.1. The van der Waals surface area contributed by atoms with Crippen molar-refractivity contribution in [2.45, 2.75) is 166 Å². The average molecular weight is 1110 g/mol. The first-order chi connectivity index (χ1) is 36.2. The molecule has 8 rings (SSSR count). The summed E-state index contributed by atoms with van der Waals surface area (Å²) in [4.78, 5) is 60.5. The van der Waals surface area contributed by atoms with E-state index in [1.807, 2.05) is 26.2 Å². The lowest BCUT2D eigenvalue weighted by Gasteiger charge is -2.59. The minimum absolute atomic E-state index is 0. The fraction of sp³-hybridized carbons (Fsp3) is 0.678. The number of carbonyl (C=O) groups is 3. The zero-order chi connectivity index (χ0) is 54.3. The highest BCUT2D eigenvalue weighted by Crippen LogP contribution is 2.70. The fourth-order valence-corrected chi connectivity index (χ4v) is 14.9. The molecule has 1 heterocycles. The van der Waals surface area contributed by atoms with Crippen LogP contribution in [0.5, 0.6) is 5.75 Å². The van der Waals surface area contributed by atoms with Crippen molar-refractivity contribution in [1.29, 1.82) is 0 Å². The molecule has 77 heavy (non-hydrogen) atoms. The molecule has 0 spiro atoms. The lowest BCUT2D eigenvalue weighted by Crippen LogP contribution is -3.00. The van der Waals surface area contributed by atoms with Crippen LogP contribution in [0.25, 0.3) is 0 Å². The second-order valence-electron chi connectivity index (χ2n) is 24.0. The molecule has 4 saturated carbocycles. The fourth-order valence-electron chi connectivity index (χ4n) is 14.5. The number of ketones is 2. The summed E-state index contributed by atoms with van der Waals surface area (Å²) in [7, 11) is -1.20. The number of aliphatic hydroxyl groups is 2. The molecule has 2 aromatic rings. The summed E-state index contributed by atoms with van der Waals surface area (Å²) in [6.07, 6.45) is 15.4. The summed E-state index contributed by atoms with van der Waals surface area (Å²) < 4.78 is 48.4. The molecule has 16 nitrogen and oxygen atoms in total. The largest absolute Gasteiger partial charge is 1.00 e. The Morgan fingerprint density at radius 3 is 2.43 bits per heavy atom. The third kappa shape index (κ3) is 14.5. The molecular weight excluding hydrogens is 1030 g/mol. The van der Waals surface area contributed by atoms with Crippen LogP contribution in [0.15, 0.2) is 72.3 Å². The van der Waals surface area contributed by atoms with Gasteiger partial charge in [0.15, 0.2) is 30.4 Å². The monoisotopic (exact) mass is 1110 g/mol. The van der Waals surface area contributed by atoms with Gasteiger partial charge >= 0.3 is 14.0 Å². The number of unbranched alkanes of at least 4 members (excludes halogenated alkanes) is 4. The van der Waals surface area contributed by atoms with E-state index in [-0.39, 0.29) is 78.1 Å². The lowest BCUT2D eigenvalue weighted by molar-refractivity contribution is -0.906. The van der Waals surface area contributed by atoms with Gasteiger partial charge in [0.1, 0.15) is 18.8 Å². The van der Waals surface area contributed by atoms with Crippen molar-refractivity contribution in [2.24, 2.45) is 34.5 Å². The molecule has 0 aromatic heterocycles. The number of ether oxygens (including phenoxy) is 5. The van der Waals surface area contributed by atoms with Crippen molar-refractivity contribution in [3.63, 3.8) is 0 Å². The number of carbonyl (C=O) groups excluding carboxylic acids is 3. The quantitative estimate of drug-likeness (QED) is 0.0315.